The van der Waals surface area contributed by atoms with Crippen LogP contribution in [-0.4, -0.2) is 25.5 Å². The van der Waals surface area contributed by atoms with Crippen LogP contribution in [0.2, 0.25) is 0 Å². The van der Waals surface area contributed by atoms with E-state index in [0.29, 0.717) is 0 Å². The molecule has 5 heteroatoms. The second-order valence-electron chi connectivity index (χ2n) is 6.29. The van der Waals surface area contributed by atoms with Crippen LogP contribution in [-0.2, 0) is 16.3 Å². The first-order valence-electron chi connectivity index (χ1n) is 6.94. The normalized spacial score (nSPS) is 18.9. The monoisotopic (exact) mass is 297 g/mol. The van der Waals surface area contributed by atoms with Gasteiger partial charge in [-0.2, -0.15) is 0 Å². The maximum Gasteiger partial charge on any atom is 0.158 e. The molecule has 0 saturated carbocycles. The molecule has 1 aromatic rings. The van der Waals surface area contributed by atoms with E-state index in [2.05, 4.69) is 0 Å². The van der Waals surface area contributed by atoms with Crippen LogP contribution in [0.25, 0.3) is 0 Å². The van der Waals surface area contributed by atoms with Crippen LogP contribution in [0.4, 0.5) is 0 Å². The van der Waals surface area contributed by atoms with Crippen LogP contribution in [0, 0.1) is 0 Å². The Balaban J connectivity index is 1.96. The van der Waals surface area contributed by atoms with Gasteiger partial charge in [0.25, 0.3) is 0 Å². The van der Waals surface area contributed by atoms with Gasteiger partial charge in [-0.25, -0.2) is 8.42 Å². The van der Waals surface area contributed by atoms with E-state index in [1.807, 2.05) is 18.2 Å². The second kappa shape index (κ2) is 5.37. The van der Waals surface area contributed by atoms with Gasteiger partial charge in [-0.15, -0.1) is 0 Å². The largest absolute Gasteiger partial charge is 0.493 e. The lowest BCUT2D eigenvalue weighted by molar-refractivity contribution is 0.339. The number of aryl methyl sites for hydroxylation is 1. The average molecular weight is 297 g/mol. The van der Waals surface area contributed by atoms with Gasteiger partial charge in [-0.1, -0.05) is 6.07 Å². The van der Waals surface area contributed by atoms with E-state index in [0.717, 1.165) is 18.6 Å². The van der Waals surface area contributed by atoms with Gasteiger partial charge in [0.05, 0.1) is 10.5 Å². The molecule has 1 unspecified atom stereocenters. The Kier molecular flexibility index (Phi) is 4.12. The summed E-state index contributed by atoms with van der Waals surface area (Å²) in [4.78, 5) is 0. The summed E-state index contributed by atoms with van der Waals surface area (Å²) in [6.07, 6.45) is 1.94. The third kappa shape index (κ3) is 3.15. The molecule has 0 aliphatic heterocycles. The minimum atomic E-state index is -3.13. The van der Waals surface area contributed by atoms with Crippen LogP contribution in [0.3, 0.4) is 0 Å². The van der Waals surface area contributed by atoms with Gasteiger partial charge in [0.2, 0.25) is 0 Å². The van der Waals surface area contributed by atoms with Crippen molar-refractivity contribution in [2.75, 3.05) is 12.4 Å². The molecule has 0 fully saturated rings. The molecule has 0 heterocycles. The van der Waals surface area contributed by atoms with Crippen LogP contribution < -0.4 is 10.5 Å². The van der Waals surface area contributed by atoms with Gasteiger partial charge in [-0.3, -0.25) is 0 Å². The molecule has 0 bridgehead atoms. The lowest BCUT2D eigenvalue weighted by atomic mass is 10.1. The highest BCUT2D eigenvalue weighted by molar-refractivity contribution is 7.92. The number of sulfone groups is 1. The van der Waals surface area contributed by atoms with Crippen LogP contribution in [0.1, 0.15) is 44.4 Å². The summed E-state index contributed by atoms with van der Waals surface area (Å²) < 4.78 is 28.8. The number of nitrogens with two attached hydrogens (primary N) is 1. The van der Waals surface area contributed by atoms with E-state index in [9.17, 15) is 8.42 Å². The molecule has 0 amide bonds. The molecule has 1 aliphatic carbocycles. The third-order valence-electron chi connectivity index (χ3n) is 3.79. The van der Waals surface area contributed by atoms with E-state index in [1.54, 1.807) is 20.8 Å². The molecule has 20 heavy (non-hydrogen) atoms. The van der Waals surface area contributed by atoms with E-state index in [1.165, 1.54) is 11.1 Å². The Morgan fingerprint density at radius 2 is 2.05 bits per heavy atom. The SMILES string of the molecule is CC(C)(C)S(=O)(=O)CCOc1ccc2c(c1)CCC2N. The van der Waals surface area contributed by atoms with Gasteiger partial charge < -0.3 is 10.5 Å². The molecule has 4 nitrogen and oxygen atoms in total. The van der Waals surface area contributed by atoms with E-state index in [-0.39, 0.29) is 18.4 Å². The molecule has 1 aliphatic rings. The Morgan fingerprint density at radius 1 is 1.35 bits per heavy atom. The van der Waals surface area contributed by atoms with Crippen LogP contribution in [0.5, 0.6) is 5.75 Å². The summed E-state index contributed by atoms with van der Waals surface area (Å²) >= 11 is 0. The highest BCUT2D eigenvalue weighted by Gasteiger charge is 2.28. The number of rotatable bonds is 4. The molecule has 2 N–H and O–H groups in total. The van der Waals surface area contributed by atoms with Crippen molar-refractivity contribution in [3.8, 4) is 5.75 Å². The lowest BCUT2D eigenvalue weighted by Gasteiger charge is -2.19. The summed E-state index contributed by atoms with van der Waals surface area (Å²) in [6.45, 7) is 5.31. The summed E-state index contributed by atoms with van der Waals surface area (Å²) in [6, 6.07) is 5.96. The molecular weight excluding hydrogens is 274 g/mol. The maximum absolute atomic E-state index is 12.0. The highest BCUT2D eigenvalue weighted by Crippen LogP contribution is 2.31. The minimum absolute atomic E-state index is 0.0348. The van der Waals surface area contributed by atoms with Gasteiger partial charge >= 0.3 is 0 Å². The first-order valence-corrected chi connectivity index (χ1v) is 8.59. The molecule has 2 rings (SSSR count). The number of hydrogen-bond acceptors (Lipinski definition) is 4. The fourth-order valence-electron chi connectivity index (χ4n) is 2.29. The van der Waals surface area contributed by atoms with E-state index >= 15 is 0 Å². The molecule has 0 saturated heterocycles. The van der Waals surface area contributed by atoms with Crippen LogP contribution in [0.15, 0.2) is 18.2 Å². The standard InChI is InChI=1S/C15H23NO3S/c1-15(2,3)20(17,18)9-8-19-12-5-6-13-11(10-12)4-7-14(13)16/h5-6,10,14H,4,7-9,16H2,1-3H3. The molecular formula is C15H23NO3S. The predicted octanol–water partition coefficient (Wildman–Crippen LogP) is 2.22. The van der Waals surface area contributed by atoms with Crippen molar-refractivity contribution < 1.29 is 13.2 Å². The summed E-state index contributed by atoms with van der Waals surface area (Å²) in [5.41, 5.74) is 8.38. The zero-order valence-corrected chi connectivity index (χ0v) is 13.2. The predicted molar refractivity (Wildman–Crippen MR) is 80.7 cm³/mol. The van der Waals surface area contributed by atoms with Gasteiger partial charge in [0.15, 0.2) is 9.84 Å². The third-order valence-corrected chi connectivity index (χ3v) is 6.36. The topological polar surface area (TPSA) is 69.4 Å². The first kappa shape index (κ1) is 15.3. The second-order valence-corrected chi connectivity index (χ2v) is 9.15. The molecule has 1 atom stereocenters. The molecule has 0 radical (unpaired) electrons. The number of ether oxygens (including phenoxy) is 1. The number of benzene rings is 1. The number of fused-ring (bicyclic) bond motifs is 1. The first-order chi connectivity index (χ1) is 9.21. The zero-order chi connectivity index (χ0) is 15.0. The molecule has 1 aromatic carbocycles. The van der Waals surface area contributed by atoms with E-state index < -0.39 is 14.6 Å². The van der Waals surface area contributed by atoms with Gasteiger partial charge in [-0.05, 0) is 56.9 Å². The summed E-state index contributed by atoms with van der Waals surface area (Å²) in [5, 5.41) is 0. The molecule has 0 spiro atoms. The fourth-order valence-corrected chi connectivity index (χ4v) is 3.21. The van der Waals surface area contributed by atoms with Crippen molar-refractivity contribution >= 4 is 9.84 Å². The zero-order valence-electron chi connectivity index (χ0n) is 12.3. The maximum atomic E-state index is 12.0. The van der Waals surface area contributed by atoms with Crippen molar-refractivity contribution in [1.29, 1.82) is 0 Å². The van der Waals surface area contributed by atoms with Crippen molar-refractivity contribution in [2.24, 2.45) is 5.73 Å². The Bertz CT molecular complexity index is 588. The Labute approximate surface area is 121 Å². The smallest absolute Gasteiger partial charge is 0.158 e. The molecule has 0 aromatic heterocycles. The number of hydrogen-bond donors (Lipinski definition) is 1. The highest BCUT2D eigenvalue weighted by atomic mass is 32.2. The Morgan fingerprint density at radius 3 is 2.70 bits per heavy atom. The van der Waals surface area contributed by atoms with Gasteiger partial charge in [0.1, 0.15) is 12.4 Å². The van der Waals surface area contributed by atoms with Crippen molar-refractivity contribution in [3.05, 3.63) is 29.3 Å². The van der Waals surface area contributed by atoms with E-state index in [4.69, 9.17) is 10.5 Å². The lowest BCUT2D eigenvalue weighted by Crippen LogP contribution is -2.32. The minimum Gasteiger partial charge on any atom is -0.493 e. The average Bonchev–Trinajstić information content (AvgIpc) is 2.69. The van der Waals surface area contributed by atoms with Crippen LogP contribution >= 0.6 is 0 Å². The van der Waals surface area contributed by atoms with Crippen molar-refractivity contribution in [1.82, 2.24) is 0 Å². The fraction of sp³-hybridized carbons (Fsp3) is 0.600. The van der Waals surface area contributed by atoms with Crippen molar-refractivity contribution in [3.63, 3.8) is 0 Å². The van der Waals surface area contributed by atoms with Crippen molar-refractivity contribution in [2.45, 2.75) is 44.4 Å². The van der Waals surface area contributed by atoms with Gasteiger partial charge in [0, 0.05) is 6.04 Å². The summed E-state index contributed by atoms with van der Waals surface area (Å²) in [5.74, 6) is 0.759. The summed E-state index contributed by atoms with van der Waals surface area (Å²) in [7, 11) is -3.13. The Hall–Kier alpha value is -1.07. The quantitative estimate of drug-likeness (QED) is 0.925. The molecule has 112 valence electrons.